The smallest absolute Gasteiger partial charge is 0.338 e. The Bertz CT molecular complexity index is 2390. The van der Waals surface area contributed by atoms with Crippen LogP contribution in [0.2, 0.25) is 0 Å². The molecule has 1 aliphatic heterocycles. The first-order chi connectivity index (χ1) is 30.2. The van der Waals surface area contributed by atoms with E-state index in [0.717, 1.165) is 13.8 Å². The van der Waals surface area contributed by atoms with E-state index in [9.17, 15) is 38.4 Å². The fourth-order valence-electron chi connectivity index (χ4n) is 10.6. The van der Waals surface area contributed by atoms with Gasteiger partial charge in [-0.2, -0.15) is 0 Å². The van der Waals surface area contributed by atoms with Gasteiger partial charge in [0.15, 0.2) is 23.6 Å². The number of carbonyl (C=O) groups is 6. The molecule has 7 rings (SSSR count). The molecule has 12 atom stereocenters. The van der Waals surface area contributed by atoms with E-state index < -0.39 is 123 Å². The van der Waals surface area contributed by atoms with Crippen LogP contribution in [0.15, 0.2) is 102 Å². The minimum atomic E-state index is -2.39. The molecule has 340 valence electrons. The number of fused-ring (bicyclic) bond motifs is 5. The van der Waals surface area contributed by atoms with Gasteiger partial charge in [-0.05, 0) is 54.3 Å². The molecule has 0 radical (unpaired) electrons. The number of hydrogen-bond donors (Lipinski definition) is 3. The molecule has 11 unspecified atom stereocenters. The van der Waals surface area contributed by atoms with E-state index >= 15 is 4.79 Å². The number of Topliss-reactive ketones (excluding diaryl/α,β-unsaturated/α-hetero) is 1. The molecule has 4 aliphatic rings. The van der Waals surface area contributed by atoms with E-state index in [0.29, 0.717) is 5.56 Å². The van der Waals surface area contributed by atoms with Crippen molar-refractivity contribution in [3.05, 3.63) is 119 Å². The molecule has 64 heavy (non-hydrogen) atoms. The fraction of sp³-hybridized carbons (Fsp3) is 0.458. The summed E-state index contributed by atoms with van der Waals surface area (Å²) in [4.78, 5) is 84.3. The molecule has 1 amide bonds. The van der Waals surface area contributed by atoms with E-state index in [1.807, 2.05) is 0 Å². The van der Waals surface area contributed by atoms with Crippen molar-refractivity contribution < 1.29 is 66.9 Å². The minimum absolute atomic E-state index is 0.0142. The lowest BCUT2D eigenvalue weighted by Crippen LogP contribution is -2.82. The van der Waals surface area contributed by atoms with E-state index in [4.69, 9.17) is 23.7 Å². The first-order valence-electron chi connectivity index (χ1n) is 21.0. The van der Waals surface area contributed by atoms with Crippen molar-refractivity contribution in [2.45, 2.75) is 107 Å². The maximum Gasteiger partial charge on any atom is 0.338 e. The molecule has 3 N–H and O–H groups in total. The number of ketones is 1. The molecular weight excluding hydrogens is 847 g/mol. The molecule has 2 saturated carbocycles. The van der Waals surface area contributed by atoms with Crippen molar-refractivity contribution in [2.75, 3.05) is 12.9 Å². The number of carbonyl (C=O) groups excluding carboxylic acids is 6. The zero-order valence-electron chi connectivity index (χ0n) is 36.6. The van der Waals surface area contributed by atoms with Gasteiger partial charge in [0.2, 0.25) is 0 Å². The molecule has 3 aromatic rings. The summed E-state index contributed by atoms with van der Waals surface area (Å²) in [5.41, 5.74) is -6.86. The Hall–Kier alpha value is -5.55. The van der Waals surface area contributed by atoms with Crippen molar-refractivity contribution in [2.24, 2.45) is 16.7 Å². The maximum atomic E-state index is 15.8. The Morgan fingerprint density at radius 1 is 0.844 bits per heavy atom. The molecule has 2 bridgehead atoms. The highest BCUT2D eigenvalue weighted by atomic mass is 32.2. The molecule has 0 aromatic heterocycles. The van der Waals surface area contributed by atoms with Crippen LogP contribution in [0.3, 0.4) is 0 Å². The number of amides is 1. The van der Waals surface area contributed by atoms with Crippen LogP contribution in [0, 0.1) is 16.7 Å². The summed E-state index contributed by atoms with van der Waals surface area (Å²) in [6, 6.07) is 23.0. The van der Waals surface area contributed by atoms with Gasteiger partial charge in [0.1, 0.15) is 23.9 Å². The topological polar surface area (TPSA) is 218 Å². The van der Waals surface area contributed by atoms with Crippen molar-refractivity contribution in [1.29, 1.82) is 0 Å². The number of benzene rings is 3. The van der Waals surface area contributed by atoms with Crippen molar-refractivity contribution >= 4 is 46.4 Å². The predicted octanol–water partition coefficient (Wildman–Crippen LogP) is 4.12. The van der Waals surface area contributed by atoms with Gasteiger partial charge in [0.25, 0.3) is 5.91 Å². The van der Waals surface area contributed by atoms with Crippen LogP contribution in [0.5, 0.6) is 0 Å². The molecule has 1 saturated heterocycles. The third-order valence-corrected chi connectivity index (χ3v) is 15.3. The first-order valence-corrected chi connectivity index (χ1v) is 22.6. The Morgan fingerprint density at radius 3 is 1.95 bits per heavy atom. The van der Waals surface area contributed by atoms with Crippen molar-refractivity contribution in [3.8, 4) is 0 Å². The number of ether oxygens (including phenoxy) is 5. The lowest BCUT2D eigenvalue weighted by Gasteiger charge is -2.67. The van der Waals surface area contributed by atoms with Gasteiger partial charge >= 0.3 is 23.9 Å². The second kappa shape index (κ2) is 17.4. The molecule has 3 fully saturated rings. The first kappa shape index (κ1) is 46.4. The van der Waals surface area contributed by atoms with Crippen LogP contribution in [-0.2, 0) is 53.7 Å². The second-order valence-corrected chi connectivity index (χ2v) is 19.4. The summed E-state index contributed by atoms with van der Waals surface area (Å²) in [5.74, 6) is -6.70. The van der Waals surface area contributed by atoms with Gasteiger partial charge in [-0.1, -0.05) is 87.5 Å². The third-order valence-electron chi connectivity index (χ3n) is 13.8. The summed E-state index contributed by atoms with van der Waals surface area (Å²) in [7, 11) is -1.82. The lowest BCUT2D eigenvalue weighted by atomic mass is 9.45. The molecule has 3 aliphatic carbocycles. The highest BCUT2D eigenvalue weighted by Gasteiger charge is 2.79. The molecule has 15 nitrogen and oxygen atoms in total. The third kappa shape index (κ3) is 7.77. The number of hydrogen-bond acceptors (Lipinski definition) is 14. The number of nitrogens with one attached hydrogen (secondary N) is 1. The van der Waals surface area contributed by atoms with Gasteiger partial charge in [0, 0.05) is 48.3 Å². The number of aliphatic hydroxyl groups is 2. The van der Waals surface area contributed by atoms with Gasteiger partial charge < -0.3 is 39.2 Å². The minimum Gasteiger partial charge on any atom is -0.456 e. The maximum absolute atomic E-state index is 15.8. The summed E-state index contributed by atoms with van der Waals surface area (Å²) < 4.78 is 44.7. The number of rotatable bonds is 11. The second-order valence-electron chi connectivity index (χ2n) is 17.8. The largest absolute Gasteiger partial charge is 0.456 e. The van der Waals surface area contributed by atoms with Crippen molar-refractivity contribution in [3.63, 3.8) is 0 Å². The predicted molar refractivity (Wildman–Crippen MR) is 230 cm³/mol. The normalized spacial score (nSPS) is 31.7. The monoisotopic (exact) mass is 899 g/mol. The number of esters is 4. The van der Waals surface area contributed by atoms with E-state index in [2.05, 4.69) is 5.32 Å². The summed E-state index contributed by atoms with van der Waals surface area (Å²) >= 11 is 0. The summed E-state index contributed by atoms with van der Waals surface area (Å²) in [6.07, 6.45) is -7.32. The summed E-state index contributed by atoms with van der Waals surface area (Å²) in [6.45, 7) is 8.15. The summed E-state index contributed by atoms with van der Waals surface area (Å²) in [5, 5.41) is 27.3. The van der Waals surface area contributed by atoms with Gasteiger partial charge in [-0.15, -0.1) is 0 Å². The van der Waals surface area contributed by atoms with Crippen LogP contribution < -0.4 is 5.32 Å². The van der Waals surface area contributed by atoms with Crippen LogP contribution >= 0.6 is 0 Å². The molecule has 0 spiro atoms. The van der Waals surface area contributed by atoms with Gasteiger partial charge in [-0.25, -0.2) is 9.59 Å². The molecular formula is C48H53NO14S. The zero-order valence-corrected chi connectivity index (χ0v) is 37.4. The SMILES string of the molecule is CC(=O)OC1C(=O)[C@]2(C)C(S(C)=O)CC3OCC3(OC(C)=O)C2C(OC(=O)c2ccccc2)C2(O)CC(OC(=O)C(O)C(NC(=O)c3ccccc3)c3ccccc3)C(C)=C1C2(C)C. The standard InChI is InChI=1S/C48H53NO14S/c1-26-32(61-44(56)37(52)36(29-17-11-8-12-18-29)49-42(54)30-19-13-9-14-20-30)24-48(57)41(62-43(55)31-21-15-10-16-22-31)39-46(6,40(53)38(60-27(2)50)35(26)45(48,4)5)34(64(7)58)23-33-47(39,25-59-33)63-28(3)51/h8-22,32-34,36-39,41,52,57H,23-25H2,1-7H3,(H,49,54)/t32?,33?,34?,36?,37?,38?,39?,41?,46-,47?,48?,64?/m1/s1. The zero-order chi connectivity index (χ0) is 46.5. The Kier molecular flexibility index (Phi) is 12.7. The average Bonchev–Trinajstić information content (AvgIpc) is 3.25. The van der Waals surface area contributed by atoms with E-state index in [1.165, 1.54) is 32.2 Å². The fourth-order valence-corrected chi connectivity index (χ4v) is 12.0. The Morgan fingerprint density at radius 2 is 1.42 bits per heavy atom. The van der Waals surface area contributed by atoms with E-state index in [1.54, 1.807) is 92.7 Å². The van der Waals surface area contributed by atoms with Crippen LogP contribution in [-0.4, -0.2) is 110 Å². The molecule has 3 aromatic carbocycles. The van der Waals surface area contributed by atoms with Crippen molar-refractivity contribution in [1.82, 2.24) is 5.32 Å². The van der Waals surface area contributed by atoms with Gasteiger partial charge in [0.05, 0.1) is 34.8 Å². The quantitative estimate of drug-likeness (QED) is 0.140. The highest BCUT2D eigenvalue weighted by Crippen LogP contribution is 2.65. The van der Waals surface area contributed by atoms with E-state index in [-0.39, 0.29) is 35.3 Å². The van der Waals surface area contributed by atoms with Gasteiger partial charge in [-0.3, -0.25) is 23.4 Å². The number of aliphatic hydroxyl groups excluding tert-OH is 1. The molecule has 16 heteroatoms. The van der Waals surface area contributed by atoms with Crippen LogP contribution in [0.25, 0.3) is 0 Å². The molecule has 1 heterocycles. The Balaban J connectivity index is 1.41. The Labute approximate surface area is 373 Å². The van der Waals surface area contributed by atoms with Crippen LogP contribution in [0.1, 0.15) is 86.7 Å². The highest BCUT2D eigenvalue weighted by molar-refractivity contribution is 7.85. The average molecular weight is 900 g/mol. The lowest BCUT2D eigenvalue weighted by molar-refractivity contribution is -0.331. The van der Waals surface area contributed by atoms with Crippen LogP contribution in [0.4, 0.5) is 0 Å².